The van der Waals surface area contributed by atoms with Gasteiger partial charge in [-0.3, -0.25) is 0 Å². The third kappa shape index (κ3) is 2.66. The number of nitrogens with zero attached hydrogens (tertiary/aromatic N) is 1. The predicted molar refractivity (Wildman–Crippen MR) is 62.2 cm³/mol. The van der Waals surface area contributed by atoms with E-state index in [4.69, 9.17) is 5.11 Å². The summed E-state index contributed by atoms with van der Waals surface area (Å²) in [7, 11) is 0. The number of halogens is 3. The van der Waals surface area contributed by atoms with Crippen LogP contribution in [0.5, 0.6) is 0 Å². The Labute approximate surface area is 105 Å². The largest absolute Gasteiger partial charge is 0.477 e. The summed E-state index contributed by atoms with van der Waals surface area (Å²) < 4.78 is 37.3. The first-order valence-electron chi connectivity index (χ1n) is 5.21. The Morgan fingerprint density at radius 3 is 2.61 bits per heavy atom. The molecular weight excluding hydrogens is 267 g/mol. The van der Waals surface area contributed by atoms with Gasteiger partial charge in [-0.15, -0.1) is 11.3 Å². The first kappa shape index (κ1) is 12.9. The van der Waals surface area contributed by atoms with Gasteiger partial charge in [0.2, 0.25) is 0 Å². The van der Waals surface area contributed by atoms with Crippen LogP contribution in [0, 0.1) is 0 Å². The monoisotopic (exact) mass is 277 g/mol. The molecule has 0 spiro atoms. The van der Waals surface area contributed by atoms with Gasteiger partial charge in [-0.05, 0) is 12.5 Å². The van der Waals surface area contributed by atoms with Crippen molar-refractivity contribution in [3.8, 4) is 0 Å². The number of hydrogen-bond donors (Lipinski definition) is 1. The molecular formula is C11H10F3NO2S. The predicted octanol–water partition coefficient (Wildman–Crippen LogP) is 3.15. The van der Waals surface area contributed by atoms with Crippen LogP contribution in [0.25, 0.3) is 0 Å². The lowest BCUT2D eigenvalue weighted by Crippen LogP contribution is -2.31. The average molecular weight is 277 g/mol. The number of anilines is 1. The molecule has 1 aromatic heterocycles. The Morgan fingerprint density at radius 2 is 2.17 bits per heavy atom. The van der Waals surface area contributed by atoms with Crippen molar-refractivity contribution in [3.63, 3.8) is 0 Å². The number of carboxylic acids is 1. The molecule has 0 atom stereocenters. The fourth-order valence-corrected chi connectivity index (χ4v) is 2.52. The van der Waals surface area contributed by atoms with E-state index in [0.29, 0.717) is 5.69 Å². The fraction of sp³-hybridized carbons (Fsp3) is 0.364. The minimum atomic E-state index is -4.26. The van der Waals surface area contributed by atoms with E-state index in [9.17, 15) is 18.0 Å². The van der Waals surface area contributed by atoms with Crippen molar-refractivity contribution in [1.29, 1.82) is 0 Å². The highest BCUT2D eigenvalue weighted by Crippen LogP contribution is 2.32. The molecule has 1 aliphatic heterocycles. The molecule has 18 heavy (non-hydrogen) atoms. The highest BCUT2D eigenvalue weighted by molar-refractivity contribution is 7.12. The van der Waals surface area contributed by atoms with Crippen molar-refractivity contribution in [3.05, 3.63) is 28.0 Å². The fourth-order valence-electron chi connectivity index (χ4n) is 1.77. The van der Waals surface area contributed by atoms with Gasteiger partial charge in [0.1, 0.15) is 4.88 Å². The first-order valence-corrected chi connectivity index (χ1v) is 6.09. The summed E-state index contributed by atoms with van der Waals surface area (Å²) in [5, 5.41) is 10.4. The number of aromatic carboxylic acids is 1. The van der Waals surface area contributed by atoms with Crippen molar-refractivity contribution in [2.75, 3.05) is 18.0 Å². The Balaban J connectivity index is 2.09. The Bertz CT molecular complexity index is 493. The van der Waals surface area contributed by atoms with Crippen LogP contribution in [0.15, 0.2) is 23.1 Å². The molecule has 0 aromatic carbocycles. The van der Waals surface area contributed by atoms with Crippen LogP contribution in [0.2, 0.25) is 0 Å². The van der Waals surface area contributed by atoms with Crippen LogP contribution in [-0.2, 0) is 0 Å². The summed E-state index contributed by atoms with van der Waals surface area (Å²) in [4.78, 5) is 12.6. The lowest BCUT2D eigenvalue weighted by atomic mass is 10.1. The van der Waals surface area contributed by atoms with E-state index in [1.54, 1.807) is 10.3 Å². The zero-order chi connectivity index (χ0) is 13.3. The molecule has 0 amide bonds. The third-order valence-electron chi connectivity index (χ3n) is 2.73. The molecule has 0 saturated heterocycles. The summed E-state index contributed by atoms with van der Waals surface area (Å²) in [5.74, 6) is -1.02. The van der Waals surface area contributed by atoms with Crippen LogP contribution in [0.1, 0.15) is 16.1 Å². The maximum atomic E-state index is 12.4. The molecule has 2 rings (SSSR count). The molecule has 0 saturated carbocycles. The molecule has 0 fully saturated rings. The van der Waals surface area contributed by atoms with Crippen molar-refractivity contribution >= 4 is 23.0 Å². The number of thiophene rings is 1. The highest BCUT2D eigenvalue weighted by Gasteiger charge is 2.34. The molecule has 2 heterocycles. The Hall–Kier alpha value is -1.50. The van der Waals surface area contributed by atoms with E-state index in [0.717, 1.165) is 17.4 Å². The maximum absolute atomic E-state index is 12.4. The van der Waals surface area contributed by atoms with Crippen LogP contribution in [0.4, 0.5) is 18.9 Å². The molecule has 1 aliphatic rings. The second-order valence-electron chi connectivity index (χ2n) is 3.90. The molecule has 98 valence electrons. The van der Waals surface area contributed by atoms with Crippen LogP contribution in [0.3, 0.4) is 0 Å². The van der Waals surface area contributed by atoms with E-state index in [1.807, 2.05) is 0 Å². The topological polar surface area (TPSA) is 40.5 Å². The molecule has 0 radical (unpaired) electrons. The summed E-state index contributed by atoms with van der Waals surface area (Å²) in [6.45, 7) is 0.409. The number of rotatable bonds is 2. The normalized spacial score (nSPS) is 16.6. The number of carboxylic acid groups (broad SMARTS) is 1. The van der Waals surface area contributed by atoms with Gasteiger partial charge in [0.15, 0.2) is 0 Å². The molecule has 0 aliphatic carbocycles. The van der Waals surface area contributed by atoms with Crippen molar-refractivity contribution in [2.45, 2.75) is 12.6 Å². The van der Waals surface area contributed by atoms with Gasteiger partial charge in [0, 0.05) is 29.7 Å². The van der Waals surface area contributed by atoms with E-state index in [-0.39, 0.29) is 24.4 Å². The second-order valence-corrected chi connectivity index (χ2v) is 4.81. The highest BCUT2D eigenvalue weighted by atomic mass is 32.1. The third-order valence-corrected chi connectivity index (χ3v) is 3.64. The lowest BCUT2D eigenvalue weighted by Gasteiger charge is -2.28. The maximum Gasteiger partial charge on any atom is 0.412 e. The molecule has 3 nitrogen and oxygen atoms in total. The summed E-state index contributed by atoms with van der Waals surface area (Å²) in [6, 6.07) is 1.49. The van der Waals surface area contributed by atoms with Gasteiger partial charge in [0.25, 0.3) is 0 Å². The van der Waals surface area contributed by atoms with Crippen molar-refractivity contribution in [1.82, 2.24) is 0 Å². The van der Waals surface area contributed by atoms with Gasteiger partial charge >= 0.3 is 12.1 Å². The Morgan fingerprint density at radius 1 is 1.44 bits per heavy atom. The smallest absolute Gasteiger partial charge is 0.412 e. The van der Waals surface area contributed by atoms with Gasteiger partial charge in [-0.2, -0.15) is 13.2 Å². The molecule has 7 heteroatoms. The van der Waals surface area contributed by atoms with Gasteiger partial charge in [0.05, 0.1) is 0 Å². The van der Waals surface area contributed by atoms with Crippen LogP contribution < -0.4 is 4.90 Å². The molecule has 1 aromatic rings. The number of hydrogen-bond acceptors (Lipinski definition) is 3. The average Bonchev–Trinajstić information content (AvgIpc) is 2.77. The zero-order valence-electron chi connectivity index (χ0n) is 9.20. The van der Waals surface area contributed by atoms with E-state index >= 15 is 0 Å². The van der Waals surface area contributed by atoms with Crippen molar-refractivity contribution < 1.29 is 23.1 Å². The van der Waals surface area contributed by atoms with E-state index < -0.39 is 17.7 Å². The lowest BCUT2D eigenvalue weighted by molar-refractivity contribution is -0.0944. The van der Waals surface area contributed by atoms with Gasteiger partial charge in [-0.1, -0.05) is 6.08 Å². The zero-order valence-corrected chi connectivity index (χ0v) is 10.0. The van der Waals surface area contributed by atoms with E-state index in [2.05, 4.69) is 0 Å². The summed E-state index contributed by atoms with van der Waals surface area (Å²) >= 11 is 1.07. The summed E-state index contributed by atoms with van der Waals surface area (Å²) in [5.41, 5.74) is 0.155. The minimum absolute atomic E-state index is 0.0677. The molecule has 0 unspecified atom stereocenters. The quantitative estimate of drug-likeness (QED) is 0.844. The molecule has 0 bridgehead atoms. The molecule has 1 N–H and O–H groups in total. The number of carbonyl (C=O) groups is 1. The standard InChI is InChI=1S/C11H10F3NO2S/c12-11(13,14)7-1-3-15(4-2-7)8-5-9(10(16)17)18-6-8/h1,5-6H,2-4H2,(H,16,17). The minimum Gasteiger partial charge on any atom is -0.477 e. The Kier molecular flexibility index (Phi) is 3.34. The summed E-state index contributed by atoms with van der Waals surface area (Å²) in [6.07, 6.45) is -3.17. The van der Waals surface area contributed by atoms with Crippen molar-refractivity contribution in [2.24, 2.45) is 0 Å². The van der Waals surface area contributed by atoms with Crippen LogP contribution in [-0.4, -0.2) is 30.3 Å². The SMILES string of the molecule is O=C(O)c1cc(N2CC=C(C(F)(F)F)CC2)cs1. The first-order chi connectivity index (χ1) is 8.38. The second kappa shape index (κ2) is 4.64. The van der Waals surface area contributed by atoms with Gasteiger partial charge < -0.3 is 10.0 Å². The van der Waals surface area contributed by atoms with E-state index in [1.165, 1.54) is 6.07 Å². The number of alkyl halides is 3. The van der Waals surface area contributed by atoms with Gasteiger partial charge in [-0.25, -0.2) is 4.79 Å². The van der Waals surface area contributed by atoms with Crippen LogP contribution >= 0.6 is 11.3 Å².